The first kappa shape index (κ1) is 16.0. The van der Waals surface area contributed by atoms with Gasteiger partial charge >= 0.3 is 5.97 Å². The van der Waals surface area contributed by atoms with E-state index in [0.717, 1.165) is 54.1 Å². The molecule has 2 N–H and O–H groups in total. The molecule has 1 heterocycles. The fourth-order valence-electron chi connectivity index (χ4n) is 2.69. The quantitative estimate of drug-likeness (QED) is 0.759. The van der Waals surface area contributed by atoms with Gasteiger partial charge in [0.1, 0.15) is 11.6 Å². The molecule has 1 aromatic heterocycles. The minimum Gasteiger partial charge on any atom is -0.493 e. The van der Waals surface area contributed by atoms with E-state index in [1.165, 1.54) is 0 Å². The number of hydrogen-bond donors (Lipinski definition) is 2. The molecule has 0 bridgehead atoms. The summed E-state index contributed by atoms with van der Waals surface area (Å²) in [5.41, 5.74) is 2.94. The highest BCUT2D eigenvalue weighted by atomic mass is 16.6. The molecule has 7 nitrogen and oxygen atoms in total. The van der Waals surface area contributed by atoms with E-state index < -0.39 is 12.6 Å². The van der Waals surface area contributed by atoms with Crippen LogP contribution in [0.15, 0.2) is 35.7 Å². The molecular weight excluding hydrogens is 310 g/mol. The molecule has 0 aliphatic heterocycles. The van der Waals surface area contributed by atoms with Crippen LogP contribution in [0.4, 0.5) is 0 Å². The molecule has 0 unspecified atom stereocenters. The van der Waals surface area contributed by atoms with Gasteiger partial charge in [0.25, 0.3) is 0 Å². The molecule has 0 saturated heterocycles. The highest BCUT2D eigenvalue weighted by Crippen LogP contribution is 2.26. The number of aromatic amines is 1. The fourth-order valence-corrected chi connectivity index (χ4v) is 2.69. The van der Waals surface area contributed by atoms with E-state index in [1.807, 2.05) is 18.2 Å². The standard InChI is InChI=1S/C17H19N3O4/c21-17(22)11-24-20-15-3-1-2-12-10-13(4-5-14(12)15)23-9-6-16-18-7-8-19-16/h4-5,7-8,10H,1-3,6,9,11H2,(H,18,19)(H,21,22). The summed E-state index contributed by atoms with van der Waals surface area (Å²) < 4.78 is 5.78. The number of oxime groups is 1. The maximum absolute atomic E-state index is 10.5. The number of carbonyl (C=O) groups is 1. The summed E-state index contributed by atoms with van der Waals surface area (Å²) >= 11 is 0. The van der Waals surface area contributed by atoms with Crippen molar-refractivity contribution in [2.75, 3.05) is 13.2 Å². The molecule has 2 aromatic rings. The van der Waals surface area contributed by atoms with Crippen LogP contribution in [0.5, 0.6) is 5.75 Å². The third-order valence-electron chi connectivity index (χ3n) is 3.77. The number of ether oxygens (including phenoxy) is 1. The second-order valence-electron chi connectivity index (χ2n) is 5.51. The molecule has 0 fully saturated rings. The van der Waals surface area contributed by atoms with Gasteiger partial charge in [0.05, 0.1) is 12.3 Å². The van der Waals surface area contributed by atoms with Gasteiger partial charge in [-0.25, -0.2) is 9.78 Å². The van der Waals surface area contributed by atoms with Crippen molar-refractivity contribution in [3.8, 4) is 5.75 Å². The molecule has 126 valence electrons. The molecule has 1 aliphatic rings. The third-order valence-corrected chi connectivity index (χ3v) is 3.77. The lowest BCUT2D eigenvalue weighted by Crippen LogP contribution is -2.14. The molecule has 0 amide bonds. The van der Waals surface area contributed by atoms with Crippen LogP contribution in [0.2, 0.25) is 0 Å². The Morgan fingerprint density at radius 1 is 1.38 bits per heavy atom. The molecule has 24 heavy (non-hydrogen) atoms. The first-order valence-electron chi connectivity index (χ1n) is 7.87. The summed E-state index contributed by atoms with van der Waals surface area (Å²) in [6.07, 6.45) is 6.93. The Morgan fingerprint density at radius 3 is 3.08 bits per heavy atom. The van der Waals surface area contributed by atoms with Crippen molar-refractivity contribution in [3.05, 3.63) is 47.5 Å². The third kappa shape index (κ3) is 4.13. The number of nitrogens with zero attached hydrogens (tertiary/aromatic N) is 2. The average Bonchev–Trinajstić information content (AvgIpc) is 3.08. The number of rotatable bonds is 7. The molecule has 0 atom stereocenters. The van der Waals surface area contributed by atoms with E-state index >= 15 is 0 Å². The lowest BCUT2D eigenvalue weighted by molar-refractivity contribution is -0.142. The molecule has 1 aliphatic carbocycles. The van der Waals surface area contributed by atoms with Crippen LogP contribution in [0.25, 0.3) is 0 Å². The van der Waals surface area contributed by atoms with Crippen molar-refractivity contribution < 1.29 is 19.5 Å². The summed E-state index contributed by atoms with van der Waals surface area (Å²) in [5.74, 6) is 0.682. The van der Waals surface area contributed by atoms with Crippen LogP contribution in [0.3, 0.4) is 0 Å². The lowest BCUT2D eigenvalue weighted by Gasteiger charge is -2.18. The Labute approximate surface area is 139 Å². The van der Waals surface area contributed by atoms with Crippen molar-refractivity contribution in [1.29, 1.82) is 0 Å². The summed E-state index contributed by atoms with van der Waals surface area (Å²) in [4.78, 5) is 22.6. The maximum atomic E-state index is 10.5. The van der Waals surface area contributed by atoms with E-state index in [-0.39, 0.29) is 0 Å². The van der Waals surface area contributed by atoms with Gasteiger partial charge in [-0.1, -0.05) is 5.16 Å². The van der Waals surface area contributed by atoms with Crippen molar-refractivity contribution in [1.82, 2.24) is 9.97 Å². The Hall–Kier alpha value is -2.83. The number of H-pyrrole nitrogens is 1. The van der Waals surface area contributed by atoms with Crippen LogP contribution in [0.1, 0.15) is 29.8 Å². The van der Waals surface area contributed by atoms with Gasteiger partial charge in [-0.05, 0) is 43.0 Å². The topological polar surface area (TPSA) is 96.8 Å². The lowest BCUT2D eigenvalue weighted by atomic mass is 9.90. The highest BCUT2D eigenvalue weighted by Gasteiger charge is 2.17. The zero-order chi connectivity index (χ0) is 16.8. The zero-order valence-corrected chi connectivity index (χ0v) is 13.2. The fraction of sp³-hybridized carbons (Fsp3) is 0.353. The van der Waals surface area contributed by atoms with E-state index in [0.29, 0.717) is 6.61 Å². The smallest absolute Gasteiger partial charge is 0.344 e. The Bertz CT molecular complexity index is 725. The largest absolute Gasteiger partial charge is 0.493 e. The van der Waals surface area contributed by atoms with Crippen LogP contribution in [0, 0.1) is 0 Å². The number of benzene rings is 1. The number of fused-ring (bicyclic) bond motifs is 1. The van der Waals surface area contributed by atoms with Crippen molar-refractivity contribution >= 4 is 11.7 Å². The van der Waals surface area contributed by atoms with Gasteiger partial charge < -0.3 is 19.7 Å². The minimum atomic E-state index is -1.03. The molecule has 0 saturated carbocycles. The van der Waals surface area contributed by atoms with Gasteiger partial charge in [0.2, 0.25) is 6.61 Å². The maximum Gasteiger partial charge on any atom is 0.344 e. The SMILES string of the molecule is O=C(O)CON=C1CCCc2cc(OCCc3ncc[nH]3)ccc21. The molecule has 0 radical (unpaired) electrons. The number of imidazole rings is 1. The monoisotopic (exact) mass is 329 g/mol. The number of carboxylic acid groups (broad SMARTS) is 1. The average molecular weight is 329 g/mol. The Morgan fingerprint density at radius 2 is 2.29 bits per heavy atom. The first-order valence-corrected chi connectivity index (χ1v) is 7.87. The van der Waals surface area contributed by atoms with Gasteiger partial charge in [0, 0.05) is 24.4 Å². The zero-order valence-electron chi connectivity index (χ0n) is 13.2. The van der Waals surface area contributed by atoms with E-state index in [9.17, 15) is 4.79 Å². The Balaban J connectivity index is 1.63. The molecular formula is C17H19N3O4. The van der Waals surface area contributed by atoms with Crippen LogP contribution >= 0.6 is 0 Å². The second-order valence-corrected chi connectivity index (χ2v) is 5.51. The number of nitrogens with one attached hydrogen (secondary N) is 1. The Kier molecular flexibility index (Phi) is 5.10. The summed E-state index contributed by atoms with van der Waals surface area (Å²) in [5, 5.41) is 12.6. The minimum absolute atomic E-state index is 0.424. The number of aliphatic carboxylic acids is 1. The van der Waals surface area contributed by atoms with Crippen molar-refractivity contribution in [2.45, 2.75) is 25.7 Å². The molecule has 3 rings (SSSR count). The summed E-state index contributed by atoms with van der Waals surface area (Å²) in [6, 6.07) is 5.88. The predicted molar refractivity (Wildman–Crippen MR) is 87.3 cm³/mol. The number of carboxylic acids is 1. The van der Waals surface area contributed by atoms with E-state index in [4.69, 9.17) is 14.7 Å². The van der Waals surface area contributed by atoms with E-state index in [1.54, 1.807) is 12.4 Å². The normalized spacial score (nSPS) is 15.1. The van der Waals surface area contributed by atoms with Gasteiger partial charge in [0.15, 0.2) is 0 Å². The summed E-state index contributed by atoms with van der Waals surface area (Å²) in [7, 11) is 0. The van der Waals surface area contributed by atoms with Gasteiger partial charge in [-0.3, -0.25) is 0 Å². The van der Waals surface area contributed by atoms with Crippen molar-refractivity contribution in [2.24, 2.45) is 5.16 Å². The van der Waals surface area contributed by atoms with Crippen LogP contribution < -0.4 is 4.74 Å². The molecule has 0 spiro atoms. The number of aromatic nitrogens is 2. The molecule has 7 heteroatoms. The van der Waals surface area contributed by atoms with Gasteiger partial charge in [-0.2, -0.15) is 0 Å². The second kappa shape index (κ2) is 7.63. The predicted octanol–water partition coefficient (Wildman–Crippen LogP) is 2.17. The van der Waals surface area contributed by atoms with E-state index in [2.05, 4.69) is 15.1 Å². The number of hydrogen-bond acceptors (Lipinski definition) is 5. The first-order chi connectivity index (χ1) is 11.7. The van der Waals surface area contributed by atoms with Crippen LogP contribution in [-0.2, 0) is 22.5 Å². The molecule has 1 aromatic carbocycles. The highest BCUT2D eigenvalue weighted by molar-refractivity contribution is 6.02. The number of aryl methyl sites for hydroxylation is 1. The summed E-state index contributed by atoms with van der Waals surface area (Å²) in [6.45, 7) is 0.127. The van der Waals surface area contributed by atoms with Crippen molar-refractivity contribution in [3.63, 3.8) is 0 Å². The van der Waals surface area contributed by atoms with Gasteiger partial charge in [-0.15, -0.1) is 0 Å². The van der Waals surface area contributed by atoms with Crippen LogP contribution in [-0.4, -0.2) is 40.0 Å².